The Morgan fingerprint density at radius 2 is 1.00 bits per heavy atom. The highest BCUT2D eigenvalue weighted by atomic mass is 14.9. The van der Waals surface area contributed by atoms with E-state index in [1.165, 1.54) is 11.1 Å². The van der Waals surface area contributed by atoms with Crippen LogP contribution in [0.5, 0.6) is 0 Å². The van der Waals surface area contributed by atoms with Crippen molar-refractivity contribution in [3.05, 3.63) is 95.6 Å². The van der Waals surface area contributed by atoms with Gasteiger partial charge in [0.1, 0.15) is 0 Å². The van der Waals surface area contributed by atoms with Crippen LogP contribution in [-0.2, 0) is 26.2 Å². The predicted molar refractivity (Wildman–Crippen MR) is 96.0 cm³/mol. The van der Waals surface area contributed by atoms with Crippen LogP contribution < -0.4 is 10.6 Å². The van der Waals surface area contributed by atoms with Crippen LogP contribution in [0.15, 0.2) is 73.1 Å². The molecule has 1 aromatic carbocycles. The van der Waals surface area contributed by atoms with Crippen LogP contribution in [0, 0.1) is 0 Å². The van der Waals surface area contributed by atoms with Crippen LogP contribution in [0.25, 0.3) is 0 Å². The van der Waals surface area contributed by atoms with Crippen molar-refractivity contribution >= 4 is 0 Å². The van der Waals surface area contributed by atoms with Gasteiger partial charge in [-0.3, -0.25) is 9.97 Å². The molecule has 4 nitrogen and oxygen atoms in total. The van der Waals surface area contributed by atoms with E-state index in [-0.39, 0.29) is 0 Å². The number of nitrogens with one attached hydrogen (secondary N) is 2. The lowest BCUT2D eigenvalue weighted by molar-refractivity contribution is 0.649. The third-order valence-electron chi connectivity index (χ3n) is 3.81. The third kappa shape index (κ3) is 4.98. The van der Waals surface area contributed by atoms with Gasteiger partial charge in [0, 0.05) is 38.6 Å². The SMILES string of the molecule is c1ccc(CNCc2ccccc2CNCc2ccccn2)nc1. The number of benzene rings is 1. The molecule has 4 heteroatoms. The lowest BCUT2D eigenvalue weighted by atomic mass is 10.1. The smallest absolute Gasteiger partial charge is 0.0541 e. The number of hydrogen-bond acceptors (Lipinski definition) is 4. The molecule has 0 aliphatic heterocycles. The molecule has 2 N–H and O–H groups in total. The maximum atomic E-state index is 4.33. The monoisotopic (exact) mass is 318 g/mol. The Kier molecular flexibility index (Phi) is 6.05. The average molecular weight is 318 g/mol. The van der Waals surface area contributed by atoms with Gasteiger partial charge in [-0.1, -0.05) is 36.4 Å². The van der Waals surface area contributed by atoms with E-state index < -0.39 is 0 Å². The average Bonchev–Trinajstić information content (AvgIpc) is 2.65. The van der Waals surface area contributed by atoms with Crippen LogP contribution in [0.3, 0.4) is 0 Å². The normalized spacial score (nSPS) is 10.7. The molecule has 2 aromatic heterocycles. The van der Waals surface area contributed by atoms with Crippen molar-refractivity contribution in [2.24, 2.45) is 0 Å². The molecule has 0 bridgehead atoms. The van der Waals surface area contributed by atoms with Crippen molar-refractivity contribution < 1.29 is 0 Å². The van der Waals surface area contributed by atoms with Crippen LogP contribution in [0.1, 0.15) is 22.5 Å². The quantitative estimate of drug-likeness (QED) is 0.670. The summed E-state index contributed by atoms with van der Waals surface area (Å²) in [6.07, 6.45) is 3.65. The topological polar surface area (TPSA) is 49.8 Å². The van der Waals surface area contributed by atoms with Gasteiger partial charge < -0.3 is 10.6 Å². The third-order valence-corrected chi connectivity index (χ3v) is 3.81. The highest BCUT2D eigenvalue weighted by Crippen LogP contribution is 2.09. The fourth-order valence-corrected chi connectivity index (χ4v) is 2.56. The molecule has 0 saturated heterocycles. The Hall–Kier alpha value is -2.56. The summed E-state index contributed by atoms with van der Waals surface area (Å²) >= 11 is 0. The first-order valence-corrected chi connectivity index (χ1v) is 8.20. The van der Waals surface area contributed by atoms with E-state index in [2.05, 4.69) is 44.9 Å². The van der Waals surface area contributed by atoms with Gasteiger partial charge in [-0.05, 0) is 35.4 Å². The molecule has 0 amide bonds. The van der Waals surface area contributed by atoms with Gasteiger partial charge in [-0.15, -0.1) is 0 Å². The highest BCUT2D eigenvalue weighted by Gasteiger charge is 2.02. The molecular formula is C20H22N4. The minimum absolute atomic E-state index is 0.774. The molecule has 0 aliphatic rings. The fraction of sp³-hybridized carbons (Fsp3) is 0.200. The molecule has 0 unspecified atom stereocenters. The van der Waals surface area contributed by atoms with E-state index in [1.54, 1.807) is 0 Å². The molecule has 122 valence electrons. The van der Waals surface area contributed by atoms with E-state index in [1.807, 2.05) is 48.8 Å². The zero-order chi connectivity index (χ0) is 16.5. The summed E-state index contributed by atoms with van der Waals surface area (Å²) in [7, 11) is 0. The summed E-state index contributed by atoms with van der Waals surface area (Å²) in [5, 5.41) is 6.93. The maximum absolute atomic E-state index is 4.33. The standard InChI is InChI=1S/C20H22N4/c1-2-8-18(14-22-16-20-10-4-6-12-24-20)17(7-1)13-21-15-19-9-3-5-11-23-19/h1-12,21-22H,13-16H2. The second-order valence-electron chi connectivity index (χ2n) is 5.62. The van der Waals surface area contributed by atoms with Gasteiger partial charge in [0.15, 0.2) is 0 Å². The van der Waals surface area contributed by atoms with E-state index in [4.69, 9.17) is 0 Å². The van der Waals surface area contributed by atoms with E-state index in [9.17, 15) is 0 Å². The van der Waals surface area contributed by atoms with Crippen molar-refractivity contribution in [3.63, 3.8) is 0 Å². The van der Waals surface area contributed by atoms with Crippen molar-refractivity contribution in [3.8, 4) is 0 Å². The summed E-state index contributed by atoms with van der Waals surface area (Å²) in [5.41, 5.74) is 4.73. The number of nitrogens with zero attached hydrogens (tertiary/aromatic N) is 2. The Morgan fingerprint density at radius 3 is 1.42 bits per heavy atom. The van der Waals surface area contributed by atoms with Crippen molar-refractivity contribution in [2.75, 3.05) is 0 Å². The number of rotatable bonds is 8. The molecule has 0 atom stereocenters. The van der Waals surface area contributed by atoms with Crippen molar-refractivity contribution in [1.82, 2.24) is 20.6 Å². The zero-order valence-corrected chi connectivity index (χ0v) is 13.7. The minimum Gasteiger partial charge on any atom is -0.307 e. The van der Waals surface area contributed by atoms with Crippen LogP contribution in [0.4, 0.5) is 0 Å². The van der Waals surface area contributed by atoms with Crippen molar-refractivity contribution in [1.29, 1.82) is 0 Å². The van der Waals surface area contributed by atoms with Gasteiger partial charge in [0.25, 0.3) is 0 Å². The number of hydrogen-bond donors (Lipinski definition) is 2. The van der Waals surface area contributed by atoms with Crippen LogP contribution >= 0.6 is 0 Å². The molecular weight excluding hydrogens is 296 g/mol. The lowest BCUT2D eigenvalue weighted by Crippen LogP contribution is -2.18. The molecule has 0 saturated carbocycles. The summed E-state index contributed by atoms with van der Waals surface area (Å²) in [6.45, 7) is 3.21. The first-order valence-electron chi connectivity index (χ1n) is 8.20. The van der Waals surface area contributed by atoms with Gasteiger partial charge in [-0.2, -0.15) is 0 Å². The van der Waals surface area contributed by atoms with E-state index in [0.29, 0.717) is 0 Å². The molecule has 0 spiro atoms. The van der Waals surface area contributed by atoms with Gasteiger partial charge in [0.05, 0.1) is 11.4 Å². The minimum atomic E-state index is 0.774. The first kappa shape index (κ1) is 16.3. The van der Waals surface area contributed by atoms with Crippen molar-refractivity contribution in [2.45, 2.75) is 26.2 Å². The summed E-state index contributed by atoms with van der Waals surface area (Å²) in [6, 6.07) is 20.5. The first-order chi connectivity index (χ1) is 11.9. The van der Waals surface area contributed by atoms with E-state index in [0.717, 1.165) is 37.6 Å². The van der Waals surface area contributed by atoms with Crippen LogP contribution in [0.2, 0.25) is 0 Å². The Labute approximate surface area is 143 Å². The van der Waals surface area contributed by atoms with Gasteiger partial charge >= 0.3 is 0 Å². The zero-order valence-electron chi connectivity index (χ0n) is 13.7. The fourth-order valence-electron chi connectivity index (χ4n) is 2.56. The molecule has 0 aliphatic carbocycles. The van der Waals surface area contributed by atoms with Gasteiger partial charge in [0.2, 0.25) is 0 Å². The second kappa shape index (κ2) is 8.91. The van der Waals surface area contributed by atoms with Gasteiger partial charge in [-0.25, -0.2) is 0 Å². The molecule has 0 fully saturated rings. The Balaban J connectivity index is 1.51. The molecule has 24 heavy (non-hydrogen) atoms. The maximum Gasteiger partial charge on any atom is 0.0541 e. The number of pyridine rings is 2. The largest absolute Gasteiger partial charge is 0.307 e. The molecule has 0 radical (unpaired) electrons. The predicted octanol–water partition coefficient (Wildman–Crippen LogP) is 3.06. The summed E-state index contributed by atoms with van der Waals surface area (Å²) < 4.78 is 0. The molecule has 2 heterocycles. The lowest BCUT2D eigenvalue weighted by Gasteiger charge is -2.11. The van der Waals surface area contributed by atoms with Crippen LogP contribution in [-0.4, -0.2) is 9.97 Å². The van der Waals surface area contributed by atoms with E-state index >= 15 is 0 Å². The highest BCUT2D eigenvalue weighted by molar-refractivity contribution is 5.27. The summed E-state index contributed by atoms with van der Waals surface area (Å²) in [5.74, 6) is 0. The second-order valence-corrected chi connectivity index (χ2v) is 5.62. The summed E-state index contributed by atoms with van der Waals surface area (Å²) in [4.78, 5) is 8.67. The Morgan fingerprint density at radius 1 is 0.542 bits per heavy atom. The molecule has 3 rings (SSSR count). The Bertz CT molecular complexity index is 664. The molecule has 3 aromatic rings. The number of aromatic nitrogens is 2.